The number of aromatic nitrogens is 3. The molecule has 0 fully saturated rings. The molecule has 2 aromatic heterocycles. The number of carbonyl (C=O) groups is 2. The molecule has 9 nitrogen and oxygen atoms in total. The van der Waals surface area contributed by atoms with E-state index in [-0.39, 0.29) is 12.3 Å². The van der Waals surface area contributed by atoms with Crippen LogP contribution < -0.4 is 5.32 Å². The number of alkyl halides is 3. The van der Waals surface area contributed by atoms with Gasteiger partial charge in [0.25, 0.3) is 0 Å². The van der Waals surface area contributed by atoms with Crippen molar-refractivity contribution in [1.29, 1.82) is 0 Å². The van der Waals surface area contributed by atoms with E-state index in [0.717, 1.165) is 49.3 Å². The molecule has 1 aromatic carbocycles. The van der Waals surface area contributed by atoms with Crippen molar-refractivity contribution < 1.29 is 37.5 Å². The Hall–Kier alpha value is -3.96. The molecule has 0 saturated heterocycles. The van der Waals surface area contributed by atoms with Gasteiger partial charge in [0.15, 0.2) is 5.82 Å². The highest BCUT2D eigenvalue weighted by molar-refractivity contribution is 5.73. The number of nitrogens with zero attached hydrogens (tertiary/aromatic N) is 3. The van der Waals surface area contributed by atoms with Gasteiger partial charge in [-0.05, 0) is 49.3 Å². The topological polar surface area (TPSA) is 138 Å². The number of anilines is 1. The van der Waals surface area contributed by atoms with Gasteiger partial charge in [-0.2, -0.15) is 18.2 Å². The predicted molar refractivity (Wildman–Crippen MR) is 126 cm³/mol. The van der Waals surface area contributed by atoms with E-state index in [0.29, 0.717) is 24.6 Å². The van der Waals surface area contributed by atoms with Gasteiger partial charge >= 0.3 is 18.1 Å². The Balaban J connectivity index is 0.000000479. The smallest absolute Gasteiger partial charge is 0.481 e. The third-order valence-electron chi connectivity index (χ3n) is 5.66. The minimum absolute atomic E-state index is 0.0509. The fourth-order valence-corrected chi connectivity index (χ4v) is 3.83. The summed E-state index contributed by atoms with van der Waals surface area (Å²) in [6.07, 6.45) is 0.0463. The Bertz CT molecular complexity index is 1180. The lowest BCUT2D eigenvalue weighted by Crippen LogP contribution is -2.21. The number of nitrogens with one attached hydrogen (secondary N) is 1. The van der Waals surface area contributed by atoms with E-state index in [1.807, 2.05) is 30.3 Å². The van der Waals surface area contributed by atoms with E-state index in [9.17, 15) is 18.0 Å². The molecule has 0 amide bonds. The zero-order chi connectivity index (χ0) is 26.8. The molecule has 198 valence electrons. The van der Waals surface area contributed by atoms with Gasteiger partial charge in [-0.25, -0.2) is 9.78 Å². The summed E-state index contributed by atoms with van der Waals surface area (Å²) in [5, 5.41) is 23.7. The molecule has 12 heteroatoms. The Morgan fingerprint density at radius 2 is 1.78 bits per heavy atom. The number of carboxylic acids is 2. The van der Waals surface area contributed by atoms with Crippen LogP contribution in [0.25, 0.3) is 0 Å². The quantitative estimate of drug-likeness (QED) is 0.369. The van der Waals surface area contributed by atoms with Crippen molar-refractivity contribution in [3.8, 4) is 0 Å². The minimum atomic E-state index is -5.08. The second-order valence-corrected chi connectivity index (χ2v) is 8.44. The van der Waals surface area contributed by atoms with Crippen molar-refractivity contribution in [3.63, 3.8) is 0 Å². The molecule has 0 saturated carbocycles. The van der Waals surface area contributed by atoms with Gasteiger partial charge in [0.1, 0.15) is 5.82 Å². The van der Waals surface area contributed by atoms with Crippen LogP contribution in [0.4, 0.5) is 19.0 Å². The molecule has 3 N–H and O–H groups in total. The molecular weight excluding hydrogens is 493 g/mol. The number of rotatable bonds is 9. The van der Waals surface area contributed by atoms with Crippen molar-refractivity contribution in [2.45, 2.75) is 57.0 Å². The Kier molecular flexibility index (Phi) is 9.58. The zero-order valence-corrected chi connectivity index (χ0v) is 19.9. The summed E-state index contributed by atoms with van der Waals surface area (Å²) in [6, 6.07) is 14.0. The summed E-state index contributed by atoms with van der Waals surface area (Å²) in [4.78, 5) is 29.2. The van der Waals surface area contributed by atoms with E-state index >= 15 is 0 Å². The van der Waals surface area contributed by atoms with Crippen molar-refractivity contribution >= 4 is 17.8 Å². The van der Waals surface area contributed by atoms with Crippen molar-refractivity contribution in [2.75, 3.05) is 11.9 Å². The van der Waals surface area contributed by atoms with Gasteiger partial charge in [0, 0.05) is 25.1 Å². The monoisotopic (exact) mass is 520 g/mol. The van der Waals surface area contributed by atoms with Gasteiger partial charge < -0.3 is 20.1 Å². The normalized spacial score (nSPS) is 13.5. The standard InChI is InChI=1S/C23H26N4O3.C2HF3O2/c28-21(29)14-13-19(16-6-2-1-3-7-16)23-26-20(27-30-23)10-4-9-18-12-11-17-8-5-15-24-22(17)25-18;3-2(4,5)1(6)7/h1-3,6-7,11-12,19H,4-5,8-10,13-15H2,(H,24,25)(H,28,29);(H,6,7). The molecule has 1 aliphatic heterocycles. The maximum absolute atomic E-state index is 11.1. The summed E-state index contributed by atoms with van der Waals surface area (Å²) < 4.78 is 37.2. The largest absolute Gasteiger partial charge is 0.490 e. The van der Waals surface area contributed by atoms with E-state index in [1.165, 1.54) is 5.56 Å². The third-order valence-corrected chi connectivity index (χ3v) is 5.66. The molecule has 1 aliphatic rings. The summed E-state index contributed by atoms with van der Waals surface area (Å²) in [6.45, 7) is 0.986. The number of pyridine rings is 1. The minimum Gasteiger partial charge on any atom is -0.481 e. The van der Waals surface area contributed by atoms with Crippen LogP contribution in [0.2, 0.25) is 0 Å². The molecule has 1 unspecified atom stereocenters. The SMILES string of the molecule is O=C(O)C(F)(F)F.O=C(O)CCC(c1ccccc1)c1nc(CCCc2ccc3c(n2)NCCC3)no1. The lowest BCUT2D eigenvalue weighted by molar-refractivity contribution is -0.192. The fourth-order valence-electron chi connectivity index (χ4n) is 3.83. The fraction of sp³-hybridized carbons (Fsp3) is 0.400. The molecule has 0 bridgehead atoms. The van der Waals surface area contributed by atoms with E-state index < -0.39 is 18.1 Å². The number of hydrogen-bond acceptors (Lipinski definition) is 7. The molecule has 1 atom stereocenters. The van der Waals surface area contributed by atoms with Crippen LogP contribution in [0, 0.1) is 0 Å². The summed E-state index contributed by atoms with van der Waals surface area (Å²) >= 11 is 0. The Labute approximate surface area is 210 Å². The first-order valence-corrected chi connectivity index (χ1v) is 11.8. The van der Waals surface area contributed by atoms with Crippen molar-refractivity contribution in [2.24, 2.45) is 0 Å². The number of aliphatic carboxylic acids is 2. The number of halogens is 3. The van der Waals surface area contributed by atoms with E-state index in [1.54, 1.807) is 0 Å². The van der Waals surface area contributed by atoms with Gasteiger partial charge in [-0.1, -0.05) is 41.6 Å². The highest BCUT2D eigenvalue weighted by atomic mass is 19.4. The van der Waals surface area contributed by atoms with Gasteiger partial charge in [-0.15, -0.1) is 0 Å². The van der Waals surface area contributed by atoms with Gasteiger partial charge in [-0.3, -0.25) is 4.79 Å². The average Bonchev–Trinajstić information content (AvgIpc) is 3.33. The Morgan fingerprint density at radius 1 is 1.05 bits per heavy atom. The third kappa shape index (κ3) is 8.58. The first kappa shape index (κ1) is 27.6. The zero-order valence-electron chi connectivity index (χ0n) is 19.9. The molecule has 37 heavy (non-hydrogen) atoms. The van der Waals surface area contributed by atoms with Crippen LogP contribution in [0.1, 0.15) is 60.1 Å². The first-order chi connectivity index (χ1) is 17.6. The summed E-state index contributed by atoms with van der Waals surface area (Å²) in [7, 11) is 0. The second-order valence-electron chi connectivity index (χ2n) is 8.44. The highest BCUT2D eigenvalue weighted by Crippen LogP contribution is 2.28. The van der Waals surface area contributed by atoms with Gasteiger partial charge in [0.05, 0.1) is 5.92 Å². The molecule has 3 aromatic rings. The van der Waals surface area contributed by atoms with Crippen LogP contribution in [0.5, 0.6) is 0 Å². The highest BCUT2D eigenvalue weighted by Gasteiger charge is 2.38. The molecule has 4 rings (SSSR count). The van der Waals surface area contributed by atoms with Crippen LogP contribution in [-0.2, 0) is 28.9 Å². The lowest BCUT2D eigenvalue weighted by atomic mass is 9.94. The number of fused-ring (bicyclic) bond motifs is 1. The maximum atomic E-state index is 11.1. The van der Waals surface area contributed by atoms with Crippen LogP contribution in [-0.4, -0.2) is 50.0 Å². The van der Waals surface area contributed by atoms with Gasteiger partial charge in [0.2, 0.25) is 5.89 Å². The Morgan fingerprint density at radius 3 is 2.46 bits per heavy atom. The summed E-state index contributed by atoms with van der Waals surface area (Å²) in [5.74, 6) is -1.65. The van der Waals surface area contributed by atoms with E-state index in [2.05, 4.69) is 27.6 Å². The molecule has 0 aliphatic carbocycles. The molecule has 0 radical (unpaired) electrons. The second kappa shape index (κ2) is 12.8. The number of hydrogen-bond donors (Lipinski definition) is 3. The average molecular weight is 521 g/mol. The van der Waals surface area contributed by atoms with Crippen LogP contribution in [0.15, 0.2) is 47.0 Å². The van der Waals surface area contributed by atoms with Crippen molar-refractivity contribution in [1.82, 2.24) is 15.1 Å². The predicted octanol–water partition coefficient (Wildman–Crippen LogP) is 4.63. The molecule has 0 spiro atoms. The van der Waals surface area contributed by atoms with E-state index in [4.69, 9.17) is 24.5 Å². The summed E-state index contributed by atoms with van der Waals surface area (Å²) in [5.41, 5.74) is 3.34. The molecular formula is C25H27F3N4O5. The van der Waals surface area contributed by atoms with Crippen LogP contribution >= 0.6 is 0 Å². The lowest BCUT2D eigenvalue weighted by Gasteiger charge is -2.17. The maximum Gasteiger partial charge on any atom is 0.490 e. The first-order valence-electron chi connectivity index (χ1n) is 11.8. The number of aryl methyl sites for hydroxylation is 3. The number of benzene rings is 1. The molecule has 3 heterocycles. The van der Waals surface area contributed by atoms with Crippen LogP contribution in [0.3, 0.4) is 0 Å². The number of carboxylic acid groups (broad SMARTS) is 2. The van der Waals surface area contributed by atoms with Crippen molar-refractivity contribution in [3.05, 3.63) is 71.0 Å².